The van der Waals surface area contributed by atoms with Crippen LogP contribution in [0.5, 0.6) is 0 Å². The quantitative estimate of drug-likeness (QED) is 0.177. The lowest BCUT2D eigenvalue weighted by molar-refractivity contribution is -0.137. The Labute approximate surface area is 202 Å². The molecule has 0 bridgehead atoms. The SMILES string of the molecule is Cc1ccc(-n2c(SCC(=O)N/N=C\c3ccc(C(F)(F)F)cc3)nc3ccccc3c2=O)cc1. The largest absolute Gasteiger partial charge is 0.416 e. The predicted octanol–water partition coefficient (Wildman–Crippen LogP) is 4.96. The number of fused-ring (bicyclic) bond motifs is 1. The molecule has 0 spiro atoms. The van der Waals surface area contributed by atoms with Gasteiger partial charge in [0.05, 0.1) is 34.1 Å². The number of aromatic nitrogens is 2. The molecule has 0 aliphatic heterocycles. The van der Waals surface area contributed by atoms with Crippen LogP contribution in [0.25, 0.3) is 16.6 Å². The molecule has 0 atom stereocenters. The zero-order valence-electron chi connectivity index (χ0n) is 18.4. The Hall–Kier alpha value is -3.92. The van der Waals surface area contributed by atoms with Gasteiger partial charge in [-0.3, -0.25) is 14.2 Å². The van der Waals surface area contributed by atoms with Gasteiger partial charge in [0, 0.05) is 0 Å². The summed E-state index contributed by atoms with van der Waals surface area (Å²) < 4.78 is 39.4. The maximum atomic E-state index is 13.2. The number of hydrogen-bond acceptors (Lipinski definition) is 5. The summed E-state index contributed by atoms with van der Waals surface area (Å²) in [5.74, 6) is -0.544. The molecule has 1 amide bonds. The number of hydrogen-bond donors (Lipinski definition) is 1. The average molecular weight is 497 g/mol. The highest BCUT2D eigenvalue weighted by Crippen LogP contribution is 2.29. The molecule has 0 aliphatic rings. The Morgan fingerprint density at radius 2 is 1.74 bits per heavy atom. The van der Waals surface area contributed by atoms with Gasteiger partial charge in [-0.05, 0) is 48.9 Å². The molecule has 1 N–H and O–H groups in total. The number of carbonyl (C=O) groups is 1. The summed E-state index contributed by atoms with van der Waals surface area (Å²) in [6.07, 6.45) is -3.17. The van der Waals surface area contributed by atoms with Crippen LogP contribution in [0, 0.1) is 6.92 Å². The van der Waals surface area contributed by atoms with Crippen molar-refractivity contribution in [1.29, 1.82) is 0 Å². The maximum Gasteiger partial charge on any atom is 0.416 e. The number of aryl methyl sites for hydroxylation is 1. The molecule has 4 aromatic rings. The van der Waals surface area contributed by atoms with Crippen LogP contribution in [0.1, 0.15) is 16.7 Å². The van der Waals surface area contributed by atoms with Gasteiger partial charge in [-0.1, -0.05) is 53.7 Å². The third kappa shape index (κ3) is 5.78. The third-order valence-electron chi connectivity index (χ3n) is 5.01. The lowest BCUT2D eigenvalue weighted by atomic mass is 10.1. The second-order valence-corrected chi connectivity index (χ2v) is 8.53. The molecule has 1 heterocycles. The number of nitrogens with zero attached hydrogens (tertiary/aromatic N) is 3. The number of carbonyl (C=O) groups excluding carboxylic acids is 1. The molecule has 0 saturated carbocycles. The highest BCUT2D eigenvalue weighted by Gasteiger charge is 2.29. The zero-order valence-corrected chi connectivity index (χ0v) is 19.2. The number of thioether (sulfide) groups is 1. The van der Waals surface area contributed by atoms with E-state index < -0.39 is 17.6 Å². The number of rotatable bonds is 6. The van der Waals surface area contributed by atoms with Crippen molar-refractivity contribution in [3.63, 3.8) is 0 Å². The van der Waals surface area contributed by atoms with E-state index in [1.54, 1.807) is 24.3 Å². The number of halogens is 3. The van der Waals surface area contributed by atoms with Crippen LogP contribution in [0.3, 0.4) is 0 Å². The molecule has 178 valence electrons. The molecule has 0 unspecified atom stereocenters. The van der Waals surface area contributed by atoms with Crippen LogP contribution in [0.2, 0.25) is 0 Å². The summed E-state index contributed by atoms with van der Waals surface area (Å²) in [5, 5.41) is 4.60. The van der Waals surface area contributed by atoms with Gasteiger partial charge < -0.3 is 0 Å². The fraction of sp³-hybridized carbons (Fsp3) is 0.120. The van der Waals surface area contributed by atoms with Crippen molar-refractivity contribution in [2.45, 2.75) is 18.3 Å². The fourth-order valence-electron chi connectivity index (χ4n) is 3.23. The Bertz CT molecular complexity index is 1450. The van der Waals surface area contributed by atoms with E-state index in [1.807, 2.05) is 31.2 Å². The normalized spacial score (nSPS) is 11.8. The summed E-state index contributed by atoms with van der Waals surface area (Å²) in [7, 11) is 0. The van der Waals surface area contributed by atoms with Crippen molar-refractivity contribution in [2.24, 2.45) is 5.10 Å². The first kappa shape index (κ1) is 24.2. The smallest absolute Gasteiger partial charge is 0.272 e. The van der Waals surface area contributed by atoms with Crippen molar-refractivity contribution < 1.29 is 18.0 Å². The molecule has 4 rings (SSSR count). The van der Waals surface area contributed by atoms with Gasteiger partial charge in [0.25, 0.3) is 11.5 Å². The van der Waals surface area contributed by atoms with E-state index in [0.717, 1.165) is 29.5 Å². The van der Waals surface area contributed by atoms with Crippen molar-refractivity contribution in [3.05, 3.63) is 99.8 Å². The number of nitrogens with one attached hydrogen (secondary N) is 1. The fourth-order valence-corrected chi connectivity index (χ4v) is 4.04. The average Bonchev–Trinajstić information content (AvgIpc) is 2.83. The first-order chi connectivity index (χ1) is 16.7. The summed E-state index contributed by atoms with van der Waals surface area (Å²) in [4.78, 5) is 30.1. The molecule has 10 heteroatoms. The Balaban J connectivity index is 1.50. The van der Waals surface area contributed by atoms with Gasteiger partial charge in [-0.15, -0.1) is 0 Å². The van der Waals surface area contributed by atoms with Gasteiger partial charge in [-0.2, -0.15) is 18.3 Å². The molecular formula is C25H19F3N4O2S. The van der Waals surface area contributed by atoms with Crippen LogP contribution in [0.15, 0.2) is 87.8 Å². The number of para-hydroxylation sites is 1. The number of hydrazone groups is 1. The number of benzene rings is 3. The van der Waals surface area contributed by atoms with Crippen molar-refractivity contribution in [3.8, 4) is 5.69 Å². The molecule has 3 aromatic carbocycles. The van der Waals surface area contributed by atoms with Crippen molar-refractivity contribution in [2.75, 3.05) is 5.75 Å². The summed E-state index contributed by atoms with van der Waals surface area (Å²) >= 11 is 1.08. The Kier molecular flexibility index (Phi) is 7.02. The summed E-state index contributed by atoms with van der Waals surface area (Å²) in [6, 6.07) is 18.8. The van der Waals surface area contributed by atoms with Crippen molar-refractivity contribution in [1.82, 2.24) is 15.0 Å². The summed E-state index contributed by atoms with van der Waals surface area (Å²) in [5.41, 5.74) is 3.90. The minimum atomic E-state index is -4.42. The Morgan fingerprint density at radius 3 is 2.43 bits per heavy atom. The van der Waals surface area contributed by atoms with E-state index in [0.29, 0.717) is 27.3 Å². The molecule has 0 radical (unpaired) electrons. The topological polar surface area (TPSA) is 76.3 Å². The van der Waals surface area contributed by atoms with Gasteiger partial charge in [0.2, 0.25) is 0 Å². The third-order valence-corrected chi connectivity index (χ3v) is 5.95. The number of amides is 1. The lowest BCUT2D eigenvalue weighted by Gasteiger charge is -2.13. The van der Waals surface area contributed by atoms with E-state index in [2.05, 4.69) is 15.5 Å². The van der Waals surface area contributed by atoms with E-state index in [1.165, 1.54) is 22.9 Å². The van der Waals surface area contributed by atoms with Crippen LogP contribution in [0.4, 0.5) is 13.2 Å². The standard InChI is InChI=1S/C25H19F3N4O2S/c1-16-6-12-19(13-7-16)32-23(34)20-4-2-3-5-21(20)30-24(32)35-15-22(33)31-29-14-17-8-10-18(11-9-17)25(26,27)28/h2-14H,15H2,1H3,(H,31,33)/b29-14-. The van der Waals surface area contributed by atoms with E-state index in [-0.39, 0.29) is 11.3 Å². The second kappa shape index (κ2) is 10.1. The lowest BCUT2D eigenvalue weighted by Crippen LogP contribution is -2.24. The first-order valence-electron chi connectivity index (χ1n) is 10.4. The zero-order chi connectivity index (χ0) is 25.0. The molecule has 0 aliphatic carbocycles. The molecule has 0 saturated heterocycles. The van der Waals surface area contributed by atoms with Crippen LogP contribution in [-0.4, -0.2) is 27.4 Å². The molecule has 0 fully saturated rings. The minimum Gasteiger partial charge on any atom is -0.272 e. The number of alkyl halides is 3. The van der Waals surface area contributed by atoms with Crippen LogP contribution in [-0.2, 0) is 11.0 Å². The molecular weight excluding hydrogens is 477 g/mol. The van der Waals surface area contributed by atoms with E-state index in [4.69, 9.17) is 0 Å². The maximum absolute atomic E-state index is 13.2. The van der Waals surface area contributed by atoms with E-state index in [9.17, 15) is 22.8 Å². The molecule has 35 heavy (non-hydrogen) atoms. The monoisotopic (exact) mass is 496 g/mol. The molecule has 6 nitrogen and oxygen atoms in total. The van der Waals surface area contributed by atoms with Gasteiger partial charge >= 0.3 is 6.18 Å². The van der Waals surface area contributed by atoms with Gasteiger partial charge in [0.15, 0.2) is 5.16 Å². The van der Waals surface area contributed by atoms with Crippen molar-refractivity contribution >= 4 is 34.8 Å². The van der Waals surface area contributed by atoms with E-state index >= 15 is 0 Å². The first-order valence-corrected chi connectivity index (χ1v) is 11.4. The van der Waals surface area contributed by atoms with Gasteiger partial charge in [0.1, 0.15) is 0 Å². The van der Waals surface area contributed by atoms with Crippen LogP contribution < -0.4 is 11.0 Å². The Morgan fingerprint density at radius 1 is 1.06 bits per heavy atom. The summed E-state index contributed by atoms with van der Waals surface area (Å²) in [6.45, 7) is 1.94. The minimum absolute atomic E-state index is 0.0823. The second-order valence-electron chi connectivity index (χ2n) is 7.59. The van der Waals surface area contributed by atoms with Gasteiger partial charge in [-0.25, -0.2) is 10.4 Å². The highest BCUT2D eigenvalue weighted by molar-refractivity contribution is 7.99. The van der Waals surface area contributed by atoms with Crippen LogP contribution >= 0.6 is 11.8 Å². The predicted molar refractivity (Wildman–Crippen MR) is 130 cm³/mol. The molecule has 1 aromatic heterocycles. The highest BCUT2D eigenvalue weighted by atomic mass is 32.2.